The second-order valence-electron chi connectivity index (χ2n) is 10.7. The summed E-state index contributed by atoms with van der Waals surface area (Å²) in [6.45, 7) is 2.96. The van der Waals surface area contributed by atoms with Gasteiger partial charge < -0.3 is 9.64 Å². The number of fused-ring (bicyclic) bond motifs is 3. The number of hydrogen-bond donors (Lipinski definition) is 0. The lowest BCUT2D eigenvalue weighted by Crippen LogP contribution is -2.29. The molecule has 0 saturated carbocycles. The van der Waals surface area contributed by atoms with Crippen LogP contribution in [0.4, 0.5) is 4.39 Å². The Labute approximate surface area is 250 Å². The van der Waals surface area contributed by atoms with E-state index in [1.165, 1.54) is 23.2 Å². The summed E-state index contributed by atoms with van der Waals surface area (Å²) in [4.78, 5) is 15.8. The summed E-state index contributed by atoms with van der Waals surface area (Å²) in [5, 5.41) is 0.783. The zero-order valence-electron chi connectivity index (χ0n) is 23.9. The van der Waals surface area contributed by atoms with Crippen molar-refractivity contribution in [3.05, 3.63) is 149 Å². The molecule has 6 rings (SSSR count). The fourth-order valence-corrected chi connectivity index (χ4v) is 7.47. The van der Waals surface area contributed by atoms with Crippen molar-refractivity contribution in [2.45, 2.75) is 30.7 Å². The van der Waals surface area contributed by atoms with E-state index in [0.717, 1.165) is 22.1 Å². The van der Waals surface area contributed by atoms with Gasteiger partial charge in [-0.25, -0.2) is 21.6 Å². The van der Waals surface area contributed by atoms with E-state index < -0.39 is 27.7 Å². The monoisotopic (exact) mass is 594 g/mol. The zero-order valence-corrected chi connectivity index (χ0v) is 24.7. The quantitative estimate of drug-likeness (QED) is 0.208. The number of para-hydroxylation sites is 1. The van der Waals surface area contributed by atoms with Gasteiger partial charge in [0, 0.05) is 24.7 Å². The van der Waals surface area contributed by atoms with Crippen LogP contribution in [0.2, 0.25) is 0 Å². The van der Waals surface area contributed by atoms with Crippen LogP contribution >= 0.6 is 0 Å². The number of halogens is 1. The third-order valence-electron chi connectivity index (χ3n) is 7.94. The van der Waals surface area contributed by atoms with Crippen molar-refractivity contribution < 1.29 is 22.3 Å². The molecular weight excluding hydrogens is 563 g/mol. The number of carbonyl (C=O) groups excluding carboxylic acids is 1. The molecule has 2 heterocycles. The Balaban J connectivity index is 1.67. The molecule has 0 saturated heterocycles. The molecule has 5 aromatic rings. The van der Waals surface area contributed by atoms with Crippen LogP contribution in [0.3, 0.4) is 0 Å². The van der Waals surface area contributed by atoms with Crippen molar-refractivity contribution in [3.8, 4) is 0 Å². The molecule has 0 aliphatic carbocycles. The van der Waals surface area contributed by atoms with E-state index in [1.807, 2.05) is 55.5 Å². The average Bonchev–Trinajstić information content (AvgIpc) is 3.33. The minimum Gasteiger partial charge on any atom is -0.466 e. The first-order chi connectivity index (χ1) is 20.8. The van der Waals surface area contributed by atoms with E-state index in [2.05, 4.69) is 4.90 Å². The molecule has 0 bridgehead atoms. The number of methoxy groups -OCH3 is 1. The molecule has 0 radical (unpaired) electrons. The van der Waals surface area contributed by atoms with Gasteiger partial charge in [-0.05, 0) is 60.4 Å². The summed E-state index contributed by atoms with van der Waals surface area (Å²) in [6, 6.07) is 29.9. The lowest BCUT2D eigenvalue weighted by molar-refractivity contribution is -0.136. The van der Waals surface area contributed by atoms with E-state index >= 15 is 0 Å². The fraction of sp³-hybridized carbons (Fsp3) is 0.171. The van der Waals surface area contributed by atoms with E-state index in [-0.39, 0.29) is 10.5 Å². The molecule has 6 nitrogen and oxygen atoms in total. The number of rotatable bonds is 6. The van der Waals surface area contributed by atoms with Crippen molar-refractivity contribution in [2.24, 2.45) is 0 Å². The highest BCUT2D eigenvalue weighted by Crippen LogP contribution is 2.43. The van der Waals surface area contributed by atoms with Crippen molar-refractivity contribution in [2.75, 3.05) is 13.7 Å². The minimum absolute atomic E-state index is 0.135. The van der Waals surface area contributed by atoms with Crippen LogP contribution in [-0.4, -0.2) is 36.9 Å². The van der Waals surface area contributed by atoms with Crippen LogP contribution in [-0.2, 0) is 32.5 Å². The van der Waals surface area contributed by atoms with Crippen LogP contribution in [0.25, 0.3) is 10.9 Å². The first-order valence-corrected chi connectivity index (χ1v) is 15.5. The third kappa shape index (κ3) is 5.34. The first kappa shape index (κ1) is 28.4. The maximum absolute atomic E-state index is 14.5. The van der Waals surface area contributed by atoms with E-state index in [4.69, 9.17) is 4.74 Å². The number of esters is 1. The van der Waals surface area contributed by atoms with Gasteiger partial charge in [-0.2, -0.15) is 0 Å². The molecular formula is C35H31FN2O4S. The Hall–Kier alpha value is -4.69. The minimum atomic E-state index is -4.13. The Kier molecular flexibility index (Phi) is 7.62. The maximum atomic E-state index is 14.5. The normalized spacial score (nSPS) is 16.6. The van der Waals surface area contributed by atoms with Gasteiger partial charge >= 0.3 is 5.97 Å². The molecule has 1 aliphatic rings. The number of carbonyl (C=O) groups is 1. The highest BCUT2D eigenvalue weighted by atomic mass is 32.2. The third-order valence-corrected chi connectivity index (χ3v) is 9.69. The summed E-state index contributed by atoms with van der Waals surface area (Å²) in [7, 11) is -2.82. The largest absolute Gasteiger partial charge is 0.466 e. The molecule has 8 heteroatoms. The van der Waals surface area contributed by atoms with Crippen LogP contribution in [0.15, 0.2) is 120 Å². The van der Waals surface area contributed by atoms with Crippen molar-refractivity contribution in [1.29, 1.82) is 0 Å². The smallest absolute Gasteiger partial charge is 0.336 e. The molecule has 0 fully saturated rings. The van der Waals surface area contributed by atoms with Gasteiger partial charge in [-0.1, -0.05) is 78.4 Å². The highest BCUT2D eigenvalue weighted by Gasteiger charge is 2.37. The molecule has 0 amide bonds. The van der Waals surface area contributed by atoms with Crippen molar-refractivity contribution >= 4 is 26.9 Å². The topological polar surface area (TPSA) is 68.6 Å². The molecule has 0 N–H and O–H groups in total. The van der Waals surface area contributed by atoms with Crippen LogP contribution in [0.5, 0.6) is 0 Å². The molecule has 1 aromatic heterocycles. The Morgan fingerprint density at radius 1 is 0.907 bits per heavy atom. The summed E-state index contributed by atoms with van der Waals surface area (Å²) in [5.74, 6) is -1.89. The van der Waals surface area contributed by atoms with Crippen LogP contribution in [0, 0.1) is 12.7 Å². The Morgan fingerprint density at radius 3 is 2.28 bits per heavy atom. The predicted octanol–water partition coefficient (Wildman–Crippen LogP) is 6.57. The van der Waals surface area contributed by atoms with Crippen LogP contribution in [0.1, 0.15) is 33.9 Å². The van der Waals surface area contributed by atoms with E-state index in [1.54, 1.807) is 48.7 Å². The summed E-state index contributed by atoms with van der Waals surface area (Å²) in [5.41, 5.74) is 4.60. The summed E-state index contributed by atoms with van der Waals surface area (Å²) < 4.78 is 49.9. The molecule has 218 valence electrons. The number of hydrogen-bond acceptors (Lipinski definition) is 5. The first-order valence-electron chi connectivity index (χ1n) is 14.1. The molecule has 0 spiro atoms. The fourth-order valence-electron chi connectivity index (χ4n) is 5.89. The molecule has 0 unspecified atom stereocenters. The van der Waals surface area contributed by atoms with Gasteiger partial charge in [-0.15, -0.1) is 0 Å². The number of ether oxygens (including phenoxy) is 1. The van der Waals surface area contributed by atoms with Crippen molar-refractivity contribution in [1.82, 2.24) is 8.87 Å². The Bertz CT molecular complexity index is 1930. The van der Waals surface area contributed by atoms with Crippen molar-refractivity contribution in [3.63, 3.8) is 0 Å². The average molecular weight is 595 g/mol. The van der Waals surface area contributed by atoms with Gasteiger partial charge in [0.15, 0.2) is 0 Å². The zero-order chi connectivity index (χ0) is 30.1. The van der Waals surface area contributed by atoms with E-state index in [9.17, 15) is 17.6 Å². The van der Waals surface area contributed by atoms with Crippen LogP contribution < -0.4 is 0 Å². The molecule has 43 heavy (non-hydrogen) atoms. The number of aryl methyl sites for hydroxylation is 1. The van der Waals surface area contributed by atoms with Gasteiger partial charge in [-0.3, -0.25) is 0 Å². The molecule has 1 atom stereocenters. The Morgan fingerprint density at radius 2 is 1.58 bits per heavy atom. The SMILES string of the molecule is COC(=O)/C1=C/N(Cc2ccccc2)CCc2c(n(S(=O)(=O)c3ccc(C)cc3)c3ccccc23)[C@H]1c1ccc(F)cc1. The predicted molar refractivity (Wildman–Crippen MR) is 165 cm³/mol. The summed E-state index contributed by atoms with van der Waals surface area (Å²) >= 11 is 0. The number of nitrogens with zero attached hydrogens (tertiary/aromatic N) is 2. The summed E-state index contributed by atoms with van der Waals surface area (Å²) in [6.07, 6.45) is 2.29. The second kappa shape index (κ2) is 11.5. The van der Waals surface area contributed by atoms with Gasteiger partial charge in [0.2, 0.25) is 0 Å². The van der Waals surface area contributed by atoms with E-state index in [0.29, 0.717) is 36.3 Å². The standard InChI is InChI=1S/C35H31FN2O4S/c1-24-12-18-28(19-13-24)43(40,41)38-32-11-7-6-10-29(32)30-20-21-37(22-25-8-4-3-5-9-25)23-31(35(39)42-2)33(34(30)38)26-14-16-27(36)17-15-26/h3-19,23,33H,20-22H2,1-2H3/b31-23+/t33-/m0/s1. The highest BCUT2D eigenvalue weighted by molar-refractivity contribution is 7.90. The second-order valence-corrected chi connectivity index (χ2v) is 12.5. The maximum Gasteiger partial charge on any atom is 0.336 e. The van der Waals surface area contributed by atoms with Gasteiger partial charge in [0.25, 0.3) is 10.0 Å². The van der Waals surface area contributed by atoms with Gasteiger partial charge in [0.05, 0.1) is 34.7 Å². The number of aromatic nitrogens is 1. The number of benzene rings is 4. The van der Waals surface area contributed by atoms with Gasteiger partial charge in [0.1, 0.15) is 5.82 Å². The molecule has 4 aromatic carbocycles. The molecule has 1 aliphatic heterocycles. The lowest BCUT2D eigenvalue weighted by Gasteiger charge is -2.30. The lowest BCUT2D eigenvalue weighted by atomic mass is 9.84.